The SMILES string of the molecule is COc1cc(C=C2SC(=Nc3ccc(C)cc3)NC2=O)cc(I)c1O. The molecule has 25 heavy (non-hydrogen) atoms. The normalized spacial score (nSPS) is 17.2. The van der Waals surface area contributed by atoms with Crippen LogP contribution >= 0.6 is 34.4 Å². The third-order valence-electron chi connectivity index (χ3n) is 3.48. The van der Waals surface area contributed by atoms with Crippen LogP contribution in [0.2, 0.25) is 0 Å². The van der Waals surface area contributed by atoms with Crippen LogP contribution in [0.3, 0.4) is 0 Å². The number of hydrogen-bond acceptors (Lipinski definition) is 5. The van der Waals surface area contributed by atoms with Crippen LogP contribution in [-0.2, 0) is 4.79 Å². The Hall–Kier alpha value is -2.00. The quantitative estimate of drug-likeness (QED) is 0.526. The number of aliphatic imine (C=N–C) groups is 1. The number of thioether (sulfide) groups is 1. The summed E-state index contributed by atoms with van der Waals surface area (Å²) >= 11 is 3.30. The molecule has 1 heterocycles. The Morgan fingerprint density at radius 3 is 2.68 bits per heavy atom. The number of carbonyl (C=O) groups is 1. The lowest BCUT2D eigenvalue weighted by Crippen LogP contribution is -2.19. The van der Waals surface area contributed by atoms with Gasteiger partial charge in [-0.15, -0.1) is 0 Å². The molecule has 1 amide bonds. The van der Waals surface area contributed by atoms with Gasteiger partial charge in [-0.25, -0.2) is 4.99 Å². The number of amides is 1. The number of nitrogens with one attached hydrogen (secondary N) is 1. The first-order valence-corrected chi connectivity index (χ1v) is 9.28. The number of ether oxygens (including phenoxy) is 1. The highest BCUT2D eigenvalue weighted by molar-refractivity contribution is 14.1. The molecule has 1 aliphatic rings. The van der Waals surface area contributed by atoms with Crippen LogP contribution in [0.5, 0.6) is 11.5 Å². The molecule has 1 fully saturated rings. The maximum atomic E-state index is 12.2. The molecule has 2 aromatic carbocycles. The molecule has 2 N–H and O–H groups in total. The van der Waals surface area contributed by atoms with Crippen molar-refractivity contribution in [2.24, 2.45) is 4.99 Å². The minimum absolute atomic E-state index is 0.0930. The number of benzene rings is 2. The highest BCUT2D eigenvalue weighted by Gasteiger charge is 2.24. The second-order valence-electron chi connectivity index (χ2n) is 5.37. The van der Waals surface area contributed by atoms with E-state index in [1.807, 2.05) is 53.8 Å². The Kier molecular flexibility index (Phi) is 5.33. The van der Waals surface area contributed by atoms with E-state index in [1.54, 1.807) is 18.2 Å². The van der Waals surface area contributed by atoms with Crippen molar-refractivity contribution in [2.75, 3.05) is 7.11 Å². The summed E-state index contributed by atoms with van der Waals surface area (Å²) in [5.74, 6) is 0.268. The second-order valence-corrected chi connectivity index (χ2v) is 7.56. The van der Waals surface area contributed by atoms with Crippen LogP contribution in [0.15, 0.2) is 46.3 Å². The summed E-state index contributed by atoms with van der Waals surface area (Å²) in [5.41, 5.74) is 2.72. The molecule has 128 valence electrons. The van der Waals surface area contributed by atoms with Crippen molar-refractivity contribution in [1.82, 2.24) is 5.32 Å². The molecule has 0 saturated carbocycles. The molecule has 2 aromatic rings. The number of rotatable bonds is 3. The maximum Gasteiger partial charge on any atom is 0.264 e. The number of methoxy groups -OCH3 is 1. The second kappa shape index (κ2) is 7.49. The summed E-state index contributed by atoms with van der Waals surface area (Å²) in [6, 6.07) is 11.2. The zero-order chi connectivity index (χ0) is 18.0. The third kappa shape index (κ3) is 4.16. The number of carbonyl (C=O) groups excluding carboxylic acids is 1. The molecule has 0 aromatic heterocycles. The van der Waals surface area contributed by atoms with Crippen molar-refractivity contribution in [2.45, 2.75) is 6.92 Å². The van der Waals surface area contributed by atoms with Crippen LogP contribution in [-0.4, -0.2) is 23.3 Å². The van der Waals surface area contributed by atoms with Crippen molar-refractivity contribution in [3.8, 4) is 11.5 Å². The number of phenolic OH excluding ortho intramolecular Hbond substituents is 1. The van der Waals surface area contributed by atoms with Gasteiger partial charge in [0.2, 0.25) is 0 Å². The maximum absolute atomic E-state index is 12.2. The van der Waals surface area contributed by atoms with Crippen molar-refractivity contribution < 1.29 is 14.6 Å². The lowest BCUT2D eigenvalue weighted by molar-refractivity contribution is -0.115. The number of amidine groups is 1. The number of aryl methyl sites for hydroxylation is 1. The molecule has 7 heteroatoms. The molecule has 5 nitrogen and oxygen atoms in total. The highest BCUT2D eigenvalue weighted by atomic mass is 127. The van der Waals surface area contributed by atoms with Crippen molar-refractivity contribution in [3.05, 3.63) is 56.0 Å². The zero-order valence-electron chi connectivity index (χ0n) is 13.5. The van der Waals surface area contributed by atoms with Gasteiger partial charge < -0.3 is 15.2 Å². The van der Waals surface area contributed by atoms with E-state index in [-0.39, 0.29) is 11.7 Å². The average Bonchev–Trinajstić information content (AvgIpc) is 2.92. The Balaban J connectivity index is 1.86. The molecular weight excluding hydrogens is 451 g/mol. The molecule has 1 saturated heterocycles. The van der Waals surface area contributed by atoms with E-state index < -0.39 is 0 Å². The monoisotopic (exact) mass is 466 g/mol. The minimum atomic E-state index is -0.196. The van der Waals surface area contributed by atoms with Gasteiger partial charge in [0.05, 0.1) is 21.3 Å². The first kappa shape index (κ1) is 17.8. The first-order valence-electron chi connectivity index (χ1n) is 7.39. The summed E-state index contributed by atoms with van der Waals surface area (Å²) in [7, 11) is 1.49. The molecule has 0 unspecified atom stereocenters. The standard InChI is InChI=1S/C18H15IN2O3S/c1-10-3-5-12(6-4-10)20-18-21-17(23)15(25-18)9-11-7-13(19)16(22)14(8-11)24-2/h3-9,22H,1-2H3,(H,20,21,23). The van der Waals surface area contributed by atoms with Crippen LogP contribution in [0.25, 0.3) is 6.08 Å². The minimum Gasteiger partial charge on any atom is -0.504 e. The van der Waals surface area contributed by atoms with Gasteiger partial charge in [-0.1, -0.05) is 17.7 Å². The van der Waals surface area contributed by atoms with Crippen LogP contribution < -0.4 is 10.1 Å². The molecule has 0 radical (unpaired) electrons. The van der Waals surface area contributed by atoms with Gasteiger partial charge in [-0.05, 0) is 77.2 Å². The molecular formula is C18H15IN2O3S. The fraction of sp³-hybridized carbons (Fsp3) is 0.111. The van der Waals surface area contributed by atoms with Gasteiger partial charge in [0.25, 0.3) is 5.91 Å². The Morgan fingerprint density at radius 2 is 2.00 bits per heavy atom. The van der Waals surface area contributed by atoms with Crippen molar-refractivity contribution in [1.29, 1.82) is 0 Å². The van der Waals surface area contributed by atoms with Gasteiger partial charge in [0, 0.05) is 0 Å². The Labute approximate surface area is 163 Å². The van der Waals surface area contributed by atoms with Gasteiger partial charge >= 0.3 is 0 Å². The Morgan fingerprint density at radius 1 is 1.28 bits per heavy atom. The average molecular weight is 466 g/mol. The molecule has 1 aliphatic heterocycles. The summed E-state index contributed by atoms with van der Waals surface area (Å²) in [4.78, 5) is 17.2. The summed E-state index contributed by atoms with van der Waals surface area (Å²) in [6.45, 7) is 2.01. The summed E-state index contributed by atoms with van der Waals surface area (Å²) in [6.07, 6.45) is 1.75. The predicted octanol–water partition coefficient (Wildman–Crippen LogP) is 4.21. The largest absolute Gasteiger partial charge is 0.504 e. The fourth-order valence-electron chi connectivity index (χ4n) is 2.20. The van der Waals surface area contributed by atoms with E-state index in [0.29, 0.717) is 19.4 Å². The van der Waals surface area contributed by atoms with Gasteiger partial charge in [-0.2, -0.15) is 0 Å². The van der Waals surface area contributed by atoms with Crippen molar-refractivity contribution in [3.63, 3.8) is 0 Å². The van der Waals surface area contributed by atoms with E-state index in [2.05, 4.69) is 10.3 Å². The number of aromatic hydroxyl groups is 1. The number of phenols is 1. The highest BCUT2D eigenvalue weighted by Crippen LogP contribution is 2.35. The number of halogens is 1. The Bertz CT molecular complexity index is 892. The van der Waals surface area contributed by atoms with Gasteiger partial charge in [0.15, 0.2) is 16.7 Å². The molecule has 3 rings (SSSR count). The lowest BCUT2D eigenvalue weighted by atomic mass is 10.2. The van der Waals surface area contributed by atoms with Gasteiger partial charge in [0.1, 0.15) is 0 Å². The van der Waals surface area contributed by atoms with Gasteiger partial charge in [-0.3, -0.25) is 4.79 Å². The third-order valence-corrected chi connectivity index (χ3v) is 5.22. The molecule has 0 spiro atoms. The van der Waals surface area contributed by atoms with Crippen LogP contribution in [0.1, 0.15) is 11.1 Å². The smallest absolute Gasteiger partial charge is 0.264 e. The predicted molar refractivity (Wildman–Crippen MR) is 109 cm³/mol. The molecule has 0 atom stereocenters. The topological polar surface area (TPSA) is 70.9 Å². The van der Waals surface area contributed by atoms with Crippen molar-refractivity contribution >= 4 is 57.2 Å². The molecule has 0 aliphatic carbocycles. The lowest BCUT2D eigenvalue weighted by Gasteiger charge is -2.06. The summed E-state index contributed by atoms with van der Waals surface area (Å²) in [5, 5.41) is 13.2. The van der Waals surface area contributed by atoms with Crippen LogP contribution in [0, 0.1) is 10.5 Å². The first-order chi connectivity index (χ1) is 12.0. The number of hydrogen-bond donors (Lipinski definition) is 2. The zero-order valence-corrected chi connectivity index (χ0v) is 16.5. The van der Waals surface area contributed by atoms with Crippen LogP contribution in [0.4, 0.5) is 5.69 Å². The fourth-order valence-corrected chi connectivity index (χ4v) is 3.67. The molecule has 0 bridgehead atoms. The van der Waals surface area contributed by atoms with E-state index in [9.17, 15) is 9.90 Å². The van der Waals surface area contributed by atoms with E-state index in [0.717, 1.165) is 16.8 Å². The summed E-state index contributed by atoms with van der Waals surface area (Å²) < 4.78 is 5.81. The van der Waals surface area contributed by atoms with E-state index in [4.69, 9.17) is 4.74 Å². The number of nitrogens with zero attached hydrogens (tertiary/aromatic N) is 1. The van der Waals surface area contributed by atoms with E-state index >= 15 is 0 Å². The van der Waals surface area contributed by atoms with E-state index in [1.165, 1.54) is 18.9 Å².